The Morgan fingerprint density at radius 1 is 1.25 bits per heavy atom. The molecule has 0 aliphatic carbocycles. The monoisotopic (exact) mass is 269 g/mol. The van der Waals surface area contributed by atoms with Gasteiger partial charge in [-0.1, -0.05) is 18.2 Å². The molecule has 104 valence electrons. The Bertz CT molecular complexity index is 564. The van der Waals surface area contributed by atoms with E-state index < -0.39 is 0 Å². The van der Waals surface area contributed by atoms with Crippen LogP contribution in [0.2, 0.25) is 0 Å². The van der Waals surface area contributed by atoms with Crippen LogP contribution in [0.3, 0.4) is 0 Å². The lowest BCUT2D eigenvalue weighted by Crippen LogP contribution is -2.07. The Balaban J connectivity index is 1.98. The molecule has 1 aromatic heterocycles. The number of rotatable bonds is 6. The highest BCUT2D eigenvalue weighted by molar-refractivity contribution is 5.96. The normalized spacial score (nSPS) is 10.6. The molecule has 3 nitrogen and oxygen atoms in total. The highest BCUT2D eigenvalue weighted by Gasteiger charge is 2.08. The fourth-order valence-electron chi connectivity index (χ4n) is 1.96. The van der Waals surface area contributed by atoms with E-state index in [1.807, 2.05) is 50.2 Å². The number of carbonyl (C=O) groups is 1. The Kier molecular flexibility index (Phi) is 4.88. The van der Waals surface area contributed by atoms with Gasteiger partial charge in [-0.25, -0.2) is 0 Å². The van der Waals surface area contributed by atoms with Gasteiger partial charge in [-0.05, 0) is 44.0 Å². The Labute approximate surface area is 119 Å². The minimum Gasteiger partial charge on any atom is -0.491 e. The minimum atomic E-state index is 0.107. The quantitative estimate of drug-likeness (QED) is 0.751. The number of ether oxygens (including phenoxy) is 1. The molecule has 0 saturated carbocycles. The number of aryl methyl sites for hydroxylation is 1. The van der Waals surface area contributed by atoms with Crippen molar-refractivity contribution in [1.82, 2.24) is 4.98 Å². The van der Waals surface area contributed by atoms with Crippen LogP contribution in [0.25, 0.3) is 0 Å². The van der Waals surface area contributed by atoms with E-state index in [2.05, 4.69) is 4.98 Å². The Hall–Kier alpha value is -2.16. The van der Waals surface area contributed by atoms with E-state index in [1.165, 1.54) is 0 Å². The van der Waals surface area contributed by atoms with E-state index in [0.717, 1.165) is 11.3 Å². The molecule has 0 atom stereocenters. The van der Waals surface area contributed by atoms with Crippen molar-refractivity contribution in [2.75, 3.05) is 0 Å². The molecule has 0 aliphatic heterocycles. The van der Waals surface area contributed by atoms with E-state index in [-0.39, 0.29) is 11.9 Å². The summed E-state index contributed by atoms with van der Waals surface area (Å²) >= 11 is 0. The van der Waals surface area contributed by atoms with Gasteiger partial charge < -0.3 is 4.74 Å². The maximum Gasteiger partial charge on any atom is 0.163 e. The highest BCUT2D eigenvalue weighted by Crippen LogP contribution is 2.17. The number of nitrogens with zero attached hydrogens (tertiary/aromatic N) is 1. The topological polar surface area (TPSA) is 39.2 Å². The molecule has 0 spiro atoms. The summed E-state index contributed by atoms with van der Waals surface area (Å²) < 4.78 is 5.61. The lowest BCUT2D eigenvalue weighted by molar-refractivity contribution is 0.0982. The van der Waals surface area contributed by atoms with Crippen LogP contribution >= 0.6 is 0 Å². The van der Waals surface area contributed by atoms with Gasteiger partial charge in [-0.15, -0.1) is 0 Å². The van der Waals surface area contributed by atoms with E-state index in [0.29, 0.717) is 18.4 Å². The molecular formula is C17H19NO2. The molecule has 0 N–H and O–H groups in total. The van der Waals surface area contributed by atoms with Crippen LogP contribution < -0.4 is 4.74 Å². The van der Waals surface area contributed by atoms with Crippen LogP contribution in [0.4, 0.5) is 0 Å². The third-order valence-electron chi connectivity index (χ3n) is 2.89. The smallest absolute Gasteiger partial charge is 0.163 e. The van der Waals surface area contributed by atoms with Gasteiger partial charge in [0.05, 0.1) is 6.10 Å². The van der Waals surface area contributed by atoms with Crippen molar-refractivity contribution in [3.05, 3.63) is 59.9 Å². The number of Topliss-reactive ketones (excluding diaryl/α,β-unsaturated/α-hetero) is 1. The van der Waals surface area contributed by atoms with Crippen LogP contribution in [0.15, 0.2) is 48.8 Å². The summed E-state index contributed by atoms with van der Waals surface area (Å²) in [4.78, 5) is 16.2. The average molecular weight is 269 g/mol. The number of hydrogen-bond donors (Lipinski definition) is 0. The summed E-state index contributed by atoms with van der Waals surface area (Å²) in [6.07, 6.45) is 4.83. The van der Waals surface area contributed by atoms with Crippen LogP contribution in [0.5, 0.6) is 5.75 Å². The summed E-state index contributed by atoms with van der Waals surface area (Å²) in [5.74, 6) is 0.871. The molecule has 2 rings (SSSR count). The van der Waals surface area contributed by atoms with Crippen molar-refractivity contribution in [2.45, 2.75) is 32.8 Å². The molecule has 1 heterocycles. The molecule has 0 fully saturated rings. The first-order chi connectivity index (χ1) is 9.65. The summed E-state index contributed by atoms with van der Waals surface area (Å²) in [6.45, 7) is 3.94. The molecule has 0 radical (unpaired) electrons. The van der Waals surface area contributed by atoms with Crippen LogP contribution in [0.1, 0.15) is 36.2 Å². The van der Waals surface area contributed by atoms with Gasteiger partial charge in [0.2, 0.25) is 0 Å². The van der Waals surface area contributed by atoms with Crippen molar-refractivity contribution in [3.8, 4) is 5.75 Å². The van der Waals surface area contributed by atoms with Crippen molar-refractivity contribution in [2.24, 2.45) is 0 Å². The summed E-state index contributed by atoms with van der Waals surface area (Å²) in [7, 11) is 0. The molecule has 0 aliphatic rings. The van der Waals surface area contributed by atoms with Crippen LogP contribution in [-0.2, 0) is 6.42 Å². The molecule has 0 amide bonds. The molecule has 0 unspecified atom stereocenters. The number of carbonyl (C=O) groups excluding carboxylic acids is 1. The van der Waals surface area contributed by atoms with Crippen LogP contribution in [-0.4, -0.2) is 16.9 Å². The molecule has 3 heteroatoms. The largest absolute Gasteiger partial charge is 0.491 e. The van der Waals surface area contributed by atoms with Crippen molar-refractivity contribution in [1.29, 1.82) is 0 Å². The molecule has 1 aromatic carbocycles. The number of pyridine rings is 1. The maximum absolute atomic E-state index is 12.2. The second-order valence-electron chi connectivity index (χ2n) is 4.98. The van der Waals surface area contributed by atoms with E-state index in [4.69, 9.17) is 4.74 Å². The number of aromatic nitrogens is 1. The maximum atomic E-state index is 12.2. The Morgan fingerprint density at radius 3 is 2.80 bits per heavy atom. The van der Waals surface area contributed by atoms with Gasteiger partial charge in [-0.2, -0.15) is 0 Å². The number of hydrogen-bond acceptors (Lipinski definition) is 3. The SMILES string of the molecule is CC(C)Oc1cccc(C(=O)CCc2cccnc2)c1. The lowest BCUT2D eigenvalue weighted by atomic mass is 10.0. The van der Waals surface area contributed by atoms with E-state index in [9.17, 15) is 4.79 Å². The van der Waals surface area contributed by atoms with Gasteiger partial charge in [-0.3, -0.25) is 9.78 Å². The van der Waals surface area contributed by atoms with Gasteiger partial charge in [0, 0.05) is 24.4 Å². The average Bonchev–Trinajstić information content (AvgIpc) is 2.45. The fraction of sp³-hybridized carbons (Fsp3) is 0.294. The molecule has 2 aromatic rings. The third-order valence-corrected chi connectivity index (χ3v) is 2.89. The van der Waals surface area contributed by atoms with E-state index >= 15 is 0 Å². The molecule has 0 bridgehead atoms. The molecular weight excluding hydrogens is 250 g/mol. The third kappa shape index (κ3) is 4.19. The molecule has 0 saturated heterocycles. The number of ketones is 1. The zero-order chi connectivity index (χ0) is 14.4. The molecule has 20 heavy (non-hydrogen) atoms. The van der Waals surface area contributed by atoms with Gasteiger partial charge in [0.1, 0.15) is 5.75 Å². The second kappa shape index (κ2) is 6.85. The summed E-state index contributed by atoms with van der Waals surface area (Å²) in [5, 5.41) is 0. The van der Waals surface area contributed by atoms with Gasteiger partial charge >= 0.3 is 0 Å². The first-order valence-electron chi connectivity index (χ1n) is 6.84. The van der Waals surface area contributed by atoms with Crippen molar-refractivity contribution in [3.63, 3.8) is 0 Å². The zero-order valence-electron chi connectivity index (χ0n) is 11.9. The lowest BCUT2D eigenvalue weighted by Gasteiger charge is -2.10. The minimum absolute atomic E-state index is 0.107. The first kappa shape index (κ1) is 14.3. The van der Waals surface area contributed by atoms with E-state index in [1.54, 1.807) is 12.4 Å². The predicted octanol–water partition coefficient (Wildman–Crippen LogP) is 3.68. The van der Waals surface area contributed by atoms with Crippen molar-refractivity contribution >= 4 is 5.78 Å². The first-order valence-corrected chi connectivity index (χ1v) is 6.84. The fourth-order valence-corrected chi connectivity index (χ4v) is 1.96. The van der Waals surface area contributed by atoms with Gasteiger partial charge in [0.15, 0.2) is 5.78 Å². The Morgan fingerprint density at radius 2 is 2.10 bits per heavy atom. The standard InChI is InChI=1S/C17H19NO2/c1-13(2)20-16-7-3-6-15(11-16)17(19)9-8-14-5-4-10-18-12-14/h3-7,10-13H,8-9H2,1-2H3. The zero-order valence-corrected chi connectivity index (χ0v) is 11.9. The number of benzene rings is 1. The highest BCUT2D eigenvalue weighted by atomic mass is 16.5. The second-order valence-corrected chi connectivity index (χ2v) is 4.98. The predicted molar refractivity (Wildman–Crippen MR) is 79.1 cm³/mol. The van der Waals surface area contributed by atoms with Crippen molar-refractivity contribution < 1.29 is 9.53 Å². The summed E-state index contributed by atoms with van der Waals surface area (Å²) in [6, 6.07) is 11.2. The van der Waals surface area contributed by atoms with Gasteiger partial charge in [0.25, 0.3) is 0 Å². The summed E-state index contributed by atoms with van der Waals surface area (Å²) in [5.41, 5.74) is 1.78. The van der Waals surface area contributed by atoms with Crippen LogP contribution in [0, 0.1) is 0 Å².